The number of rotatable bonds is 4. The second-order valence-corrected chi connectivity index (χ2v) is 4.33. The molecule has 0 atom stereocenters. The third-order valence-electron chi connectivity index (χ3n) is 2.10. The van der Waals surface area contributed by atoms with Crippen molar-refractivity contribution >= 4 is 28.5 Å². The van der Waals surface area contributed by atoms with Crippen molar-refractivity contribution in [2.24, 2.45) is 0 Å². The van der Waals surface area contributed by atoms with Gasteiger partial charge >= 0.3 is 12.0 Å². The highest BCUT2D eigenvalue weighted by Gasteiger charge is 2.10. The van der Waals surface area contributed by atoms with Crippen LogP contribution in [0.5, 0.6) is 0 Å². The third-order valence-corrected chi connectivity index (χ3v) is 2.86. The zero-order chi connectivity index (χ0) is 13.7. The van der Waals surface area contributed by atoms with Crippen molar-refractivity contribution in [1.82, 2.24) is 15.3 Å². The Morgan fingerprint density at radius 2 is 2.21 bits per heavy atom. The van der Waals surface area contributed by atoms with Gasteiger partial charge in [-0.15, -0.1) is 11.3 Å². The smallest absolute Gasteiger partial charge is 0.355 e. The standard InChI is InChI=1S/C11H10N4O3S/c16-9(17)8-6-19-11(14-8)15-10(18)13-5-7-3-1-2-4-12-7/h1-4,6H,5H2,(H,16,17)(H2,13,14,15,18). The first kappa shape index (κ1) is 13.0. The van der Waals surface area contributed by atoms with Gasteiger partial charge < -0.3 is 10.4 Å². The summed E-state index contributed by atoms with van der Waals surface area (Å²) in [5.41, 5.74) is 0.632. The van der Waals surface area contributed by atoms with Gasteiger partial charge in [0, 0.05) is 11.6 Å². The van der Waals surface area contributed by atoms with E-state index in [2.05, 4.69) is 20.6 Å². The molecule has 2 aromatic rings. The van der Waals surface area contributed by atoms with Crippen LogP contribution in [0.3, 0.4) is 0 Å². The fraction of sp³-hybridized carbons (Fsp3) is 0.0909. The van der Waals surface area contributed by atoms with E-state index in [1.54, 1.807) is 18.3 Å². The van der Waals surface area contributed by atoms with Gasteiger partial charge in [-0.05, 0) is 12.1 Å². The van der Waals surface area contributed by atoms with E-state index in [1.165, 1.54) is 5.38 Å². The monoisotopic (exact) mass is 278 g/mol. The molecule has 0 aliphatic heterocycles. The first-order valence-electron chi connectivity index (χ1n) is 5.29. The molecule has 0 saturated heterocycles. The van der Waals surface area contributed by atoms with E-state index in [0.29, 0.717) is 0 Å². The molecule has 0 aliphatic rings. The van der Waals surface area contributed by atoms with Gasteiger partial charge in [-0.1, -0.05) is 6.07 Å². The van der Waals surface area contributed by atoms with Gasteiger partial charge in [0.05, 0.1) is 12.2 Å². The van der Waals surface area contributed by atoms with Gasteiger partial charge in [-0.2, -0.15) is 0 Å². The van der Waals surface area contributed by atoms with Crippen molar-refractivity contribution < 1.29 is 14.7 Å². The SMILES string of the molecule is O=C(NCc1ccccn1)Nc1nc(C(=O)O)cs1. The van der Waals surface area contributed by atoms with E-state index in [0.717, 1.165) is 17.0 Å². The average molecular weight is 278 g/mol. The molecule has 0 aromatic carbocycles. The third kappa shape index (κ3) is 3.75. The molecule has 2 amide bonds. The van der Waals surface area contributed by atoms with Crippen molar-refractivity contribution in [3.8, 4) is 0 Å². The zero-order valence-electron chi connectivity index (χ0n) is 9.66. The van der Waals surface area contributed by atoms with Crippen LogP contribution >= 0.6 is 11.3 Å². The van der Waals surface area contributed by atoms with Crippen LogP contribution in [-0.4, -0.2) is 27.1 Å². The molecule has 8 heteroatoms. The van der Waals surface area contributed by atoms with Crippen LogP contribution < -0.4 is 10.6 Å². The zero-order valence-corrected chi connectivity index (χ0v) is 10.5. The molecule has 0 unspecified atom stereocenters. The number of hydrogen-bond acceptors (Lipinski definition) is 5. The quantitative estimate of drug-likeness (QED) is 0.787. The number of urea groups is 1. The van der Waals surface area contributed by atoms with Gasteiger partial charge in [0.2, 0.25) is 0 Å². The predicted molar refractivity (Wildman–Crippen MR) is 69.2 cm³/mol. The molecular formula is C11H10N4O3S. The summed E-state index contributed by atoms with van der Waals surface area (Å²) in [6.07, 6.45) is 1.63. The summed E-state index contributed by atoms with van der Waals surface area (Å²) in [5.74, 6) is -1.13. The normalized spacial score (nSPS) is 9.89. The Morgan fingerprint density at radius 3 is 2.84 bits per heavy atom. The molecule has 3 N–H and O–H groups in total. The number of carboxylic acids is 1. The second kappa shape index (κ2) is 5.91. The number of carbonyl (C=O) groups is 2. The largest absolute Gasteiger partial charge is 0.476 e. The molecule has 0 radical (unpaired) electrons. The van der Waals surface area contributed by atoms with Crippen molar-refractivity contribution in [2.45, 2.75) is 6.54 Å². The molecule has 2 aromatic heterocycles. The highest BCUT2D eigenvalue weighted by atomic mass is 32.1. The first-order chi connectivity index (χ1) is 9.15. The number of carbonyl (C=O) groups excluding carboxylic acids is 1. The molecule has 0 bridgehead atoms. The van der Waals surface area contributed by atoms with Crippen molar-refractivity contribution in [3.05, 3.63) is 41.2 Å². The number of hydrogen-bond donors (Lipinski definition) is 3. The fourth-order valence-electron chi connectivity index (χ4n) is 1.24. The molecule has 0 saturated carbocycles. The molecule has 2 heterocycles. The fourth-order valence-corrected chi connectivity index (χ4v) is 1.92. The Kier molecular flexibility index (Phi) is 4.04. The molecular weight excluding hydrogens is 268 g/mol. The topological polar surface area (TPSA) is 104 Å². The first-order valence-corrected chi connectivity index (χ1v) is 6.16. The number of nitrogens with zero attached hydrogens (tertiary/aromatic N) is 2. The average Bonchev–Trinajstić information content (AvgIpc) is 2.86. The molecule has 19 heavy (non-hydrogen) atoms. The number of anilines is 1. The van der Waals surface area contributed by atoms with Crippen LogP contribution in [0.2, 0.25) is 0 Å². The number of nitrogens with one attached hydrogen (secondary N) is 2. The number of thiazole rings is 1. The minimum atomic E-state index is -1.13. The number of pyridine rings is 1. The van der Waals surface area contributed by atoms with E-state index in [9.17, 15) is 9.59 Å². The maximum absolute atomic E-state index is 11.5. The van der Waals surface area contributed by atoms with Crippen LogP contribution in [0.4, 0.5) is 9.93 Å². The van der Waals surface area contributed by atoms with Gasteiger partial charge in [0.25, 0.3) is 0 Å². The molecule has 0 fully saturated rings. The maximum atomic E-state index is 11.5. The van der Waals surface area contributed by atoms with E-state index >= 15 is 0 Å². The lowest BCUT2D eigenvalue weighted by atomic mass is 10.3. The minimum absolute atomic E-state index is 0.0926. The lowest BCUT2D eigenvalue weighted by Crippen LogP contribution is -2.28. The molecule has 0 spiro atoms. The molecule has 0 aliphatic carbocycles. The van der Waals surface area contributed by atoms with Crippen molar-refractivity contribution in [1.29, 1.82) is 0 Å². The molecule has 7 nitrogen and oxygen atoms in total. The van der Waals surface area contributed by atoms with Crippen molar-refractivity contribution in [3.63, 3.8) is 0 Å². The van der Waals surface area contributed by atoms with Crippen LogP contribution in [0.1, 0.15) is 16.2 Å². The van der Waals surface area contributed by atoms with Crippen LogP contribution in [0, 0.1) is 0 Å². The Hall–Kier alpha value is -2.48. The lowest BCUT2D eigenvalue weighted by Gasteiger charge is -2.04. The Morgan fingerprint density at radius 1 is 1.37 bits per heavy atom. The van der Waals surface area contributed by atoms with Gasteiger partial charge in [0.1, 0.15) is 0 Å². The summed E-state index contributed by atoms with van der Waals surface area (Å²) in [6, 6.07) is 4.93. The maximum Gasteiger partial charge on any atom is 0.355 e. The Labute approximate surface area is 112 Å². The van der Waals surface area contributed by atoms with E-state index in [1.807, 2.05) is 6.07 Å². The number of aromatic carboxylic acids is 1. The number of amides is 2. The van der Waals surface area contributed by atoms with Crippen molar-refractivity contribution in [2.75, 3.05) is 5.32 Å². The predicted octanol–water partition coefficient (Wildman–Crippen LogP) is 1.56. The number of carboxylic acid groups (broad SMARTS) is 1. The highest BCUT2D eigenvalue weighted by Crippen LogP contribution is 2.14. The Balaban J connectivity index is 1.85. The van der Waals surface area contributed by atoms with E-state index in [4.69, 9.17) is 5.11 Å². The molecule has 98 valence electrons. The van der Waals surface area contributed by atoms with E-state index in [-0.39, 0.29) is 17.4 Å². The number of aromatic nitrogens is 2. The van der Waals surface area contributed by atoms with Crippen LogP contribution in [0.15, 0.2) is 29.8 Å². The summed E-state index contributed by atoms with van der Waals surface area (Å²) in [7, 11) is 0. The van der Waals surface area contributed by atoms with E-state index < -0.39 is 12.0 Å². The highest BCUT2D eigenvalue weighted by molar-refractivity contribution is 7.14. The lowest BCUT2D eigenvalue weighted by molar-refractivity contribution is 0.0691. The summed E-state index contributed by atoms with van der Waals surface area (Å²) in [6.45, 7) is 0.282. The van der Waals surface area contributed by atoms with Crippen LogP contribution in [0.25, 0.3) is 0 Å². The summed E-state index contributed by atoms with van der Waals surface area (Å²) in [4.78, 5) is 29.9. The second-order valence-electron chi connectivity index (χ2n) is 3.47. The van der Waals surface area contributed by atoms with Crippen LogP contribution in [-0.2, 0) is 6.54 Å². The Bertz CT molecular complexity index is 585. The summed E-state index contributed by atoms with van der Waals surface area (Å²) < 4.78 is 0. The summed E-state index contributed by atoms with van der Waals surface area (Å²) in [5, 5.41) is 15.3. The van der Waals surface area contributed by atoms with Gasteiger partial charge in [0.15, 0.2) is 10.8 Å². The minimum Gasteiger partial charge on any atom is -0.476 e. The summed E-state index contributed by atoms with van der Waals surface area (Å²) >= 11 is 1.05. The molecule has 2 rings (SSSR count). The van der Waals surface area contributed by atoms with Gasteiger partial charge in [-0.3, -0.25) is 10.3 Å². The van der Waals surface area contributed by atoms with Gasteiger partial charge in [-0.25, -0.2) is 14.6 Å².